The molecule has 0 saturated carbocycles. The first-order valence-corrected chi connectivity index (χ1v) is 7.43. The normalized spacial score (nSPS) is 23.5. The summed E-state index contributed by atoms with van der Waals surface area (Å²) < 4.78 is 0. The molecule has 0 radical (unpaired) electrons. The van der Waals surface area contributed by atoms with E-state index in [0.717, 1.165) is 19.3 Å². The van der Waals surface area contributed by atoms with Crippen molar-refractivity contribution in [2.24, 2.45) is 5.92 Å². The van der Waals surface area contributed by atoms with Crippen LogP contribution >= 0.6 is 0 Å². The number of carbonyl (C=O) groups excluding carboxylic acids is 1. The van der Waals surface area contributed by atoms with Crippen molar-refractivity contribution in [3.63, 3.8) is 0 Å². The molecule has 1 fully saturated rings. The zero-order valence-electron chi connectivity index (χ0n) is 12.1. The number of aliphatic hydroxyl groups is 1. The van der Waals surface area contributed by atoms with Crippen molar-refractivity contribution in [2.45, 2.75) is 57.6 Å². The average molecular weight is 286 g/mol. The predicted molar refractivity (Wildman–Crippen MR) is 75.3 cm³/mol. The van der Waals surface area contributed by atoms with Crippen LogP contribution in [0.25, 0.3) is 0 Å². The molecule has 1 aliphatic heterocycles. The molecule has 1 heterocycles. The third-order valence-electron chi connectivity index (χ3n) is 3.74. The molecule has 4 N–H and O–H groups in total. The average Bonchev–Trinajstić information content (AvgIpc) is 2.82. The summed E-state index contributed by atoms with van der Waals surface area (Å²) in [5, 5.41) is 23.9. The maximum atomic E-state index is 11.8. The molecule has 20 heavy (non-hydrogen) atoms. The third-order valence-corrected chi connectivity index (χ3v) is 3.74. The van der Waals surface area contributed by atoms with Gasteiger partial charge in [0.05, 0.1) is 12.1 Å². The van der Waals surface area contributed by atoms with Crippen molar-refractivity contribution in [1.82, 2.24) is 10.6 Å². The SMILES string of the molecule is CCCC(CCNC(=O)C1CC(O)CN1)CCC(=O)O. The number of nitrogens with one attached hydrogen (secondary N) is 2. The Bertz CT molecular complexity index is 322. The summed E-state index contributed by atoms with van der Waals surface area (Å²) in [5.41, 5.74) is 0. The molecule has 0 spiro atoms. The number of rotatable bonds is 9. The minimum Gasteiger partial charge on any atom is -0.481 e. The number of hydrogen-bond donors (Lipinski definition) is 4. The highest BCUT2D eigenvalue weighted by molar-refractivity contribution is 5.82. The number of β-amino-alcohol motifs (C(OH)–C–C–N with tert-alkyl or cyclic N) is 1. The number of hydrogen-bond acceptors (Lipinski definition) is 4. The van der Waals surface area contributed by atoms with E-state index in [1.807, 2.05) is 0 Å². The van der Waals surface area contributed by atoms with Crippen LogP contribution < -0.4 is 10.6 Å². The van der Waals surface area contributed by atoms with Crippen LogP contribution in [0.3, 0.4) is 0 Å². The molecule has 116 valence electrons. The Morgan fingerprint density at radius 1 is 1.35 bits per heavy atom. The molecule has 0 aliphatic carbocycles. The molecular formula is C14H26N2O4. The Hall–Kier alpha value is -1.14. The smallest absolute Gasteiger partial charge is 0.303 e. The molecule has 6 heteroatoms. The lowest BCUT2D eigenvalue weighted by atomic mass is 9.94. The topological polar surface area (TPSA) is 98.7 Å². The largest absolute Gasteiger partial charge is 0.481 e. The van der Waals surface area contributed by atoms with Crippen LogP contribution in [0.4, 0.5) is 0 Å². The Morgan fingerprint density at radius 3 is 2.65 bits per heavy atom. The minimum absolute atomic E-state index is 0.0740. The van der Waals surface area contributed by atoms with Crippen LogP contribution in [-0.2, 0) is 9.59 Å². The van der Waals surface area contributed by atoms with Crippen molar-refractivity contribution < 1.29 is 19.8 Å². The van der Waals surface area contributed by atoms with Gasteiger partial charge in [-0.15, -0.1) is 0 Å². The molecule has 1 saturated heterocycles. The molecule has 1 amide bonds. The fourth-order valence-corrected chi connectivity index (χ4v) is 2.61. The standard InChI is InChI=1S/C14H26N2O4/c1-2-3-10(4-5-13(18)19)6-7-15-14(20)12-8-11(17)9-16-12/h10-12,16-17H,2-9H2,1H3,(H,15,20)(H,18,19). The van der Waals surface area contributed by atoms with Gasteiger partial charge in [0, 0.05) is 19.5 Å². The van der Waals surface area contributed by atoms with E-state index in [2.05, 4.69) is 17.6 Å². The molecule has 1 aliphatic rings. The van der Waals surface area contributed by atoms with E-state index in [-0.39, 0.29) is 18.4 Å². The van der Waals surface area contributed by atoms with Gasteiger partial charge in [-0.1, -0.05) is 19.8 Å². The summed E-state index contributed by atoms with van der Waals surface area (Å²) in [5.74, 6) is -0.493. The summed E-state index contributed by atoms with van der Waals surface area (Å²) in [4.78, 5) is 22.4. The Morgan fingerprint density at radius 2 is 2.10 bits per heavy atom. The fraction of sp³-hybridized carbons (Fsp3) is 0.857. The molecule has 1 rings (SSSR count). The van der Waals surface area contributed by atoms with Gasteiger partial charge in [-0.2, -0.15) is 0 Å². The van der Waals surface area contributed by atoms with Gasteiger partial charge in [-0.25, -0.2) is 0 Å². The van der Waals surface area contributed by atoms with Crippen molar-refractivity contribution in [2.75, 3.05) is 13.1 Å². The Kier molecular flexibility index (Phi) is 7.54. The number of carboxylic acids is 1. The van der Waals surface area contributed by atoms with E-state index in [4.69, 9.17) is 5.11 Å². The highest BCUT2D eigenvalue weighted by Gasteiger charge is 2.27. The first-order chi connectivity index (χ1) is 9.52. The first kappa shape index (κ1) is 16.9. The highest BCUT2D eigenvalue weighted by Crippen LogP contribution is 2.17. The molecular weight excluding hydrogens is 260 g/mol. The van der Waals surface area contributed by atoms with Gasteiger partial charge < -0.3 is 20.8 Å². The molecule has 3 unspecified atom stereocenters. The van der Waals surface area contributed by atoms with Crippen molar-refractivity contribution >= 4 is 11.9 Å². The van der Waals surface area contributed by atoms with E-state index in [1.165, 1.54) is 0 Å². The van der Waals surface area contributed by atoms with Crippen LogP contribution in [0.1, 0.15) is 45.4 Å². The number of amides is 1. The lowest BCUT2D eigenvalue weighted by Crippen LogP contribution is -2.41. The molecule has 0 aromatic heterocycles. The summed E-state index contributed by atoms with van der Waals surface area (Å²) in [7, 11) is 0. The van der Waals surface area contributed by atoms with Crippen molar-refractivity contribution in [3.8, 4) is 0 Å². The van der Waals surface area contributed by atoms with Gasteiger partial charge in [-0.3, -0.25) is 9.59 Å². The van der Waals surface area contributed by atoms with Gasteiger partial charge in [0.2, 0.25) is 5.91 Å². The summed E-state index contributed by atoms with van der Waals surface area (Å²) in [6, 6.07) is -0.298. The maximum absolute atomic E-state index is 11.8. The van der Waals surface area contributed by atoms with Crippen molar-refractivity contribution in [1.29, 1.82) is 0 Å². The van der Waals surface area contributed by atoms with Crippen LogP contribution in [0.5, 0.6) is 0 Å². The van der Waals surface area contributed by atoms with Gasteiger partial charge in [-0.05, 0) is 25.2 Å². The van der Waals surface area contributed by atoms with Gasteiger partial charge >= 0.3 is 5.97 Å². The summed E-state index contributed by atoms with van der Waals surface area (Å²) in [6.45, 7) is 3.11. The lowest BCUT2D eigenvalue weighted by molar-refractivity contribution is -0.137. The van der Waals surface area contributed by atoms with Crippen LogP contribution in [0, 0.1) is 5.92 Å². The molecule has 6 nitrogen and oxygen atoms in total. The highest BCUT2D eigenvalue weighted by atomic mass is 16.4. The second kappa shape index (κ2) is 8.92. The molecule has 0 aromatic carbocycles. The maximum Gasteiger partial charge on any atom is 0.303 e. The van der Waals surface area contributed by atoms with Crippen molar-refractivity contribution in [3.05, 3.63) is 0 Å². The summed E-state index contributed by atoms with van der Waals surface area (Å²) >= 11 is 0. The predicted octanol–water partition coefficient (Wildman–Crippen LogP) is 0.497. The van der Waals surface area contributed by atoms with E-state index in [9.17, 15) is 14.7 Å². The molecule has 0 aromatic rings. The lowest BCUT2D eigenvalue weighted by Gasteiger charge is -2.16. The summed E-state index contributed by atoms with van der Waals surface area (Å²) in [6.07, 6.45) is 3.70. The van der Waals surface area contributed by atoms with E-state index >= 15 is 0 Å². The number of aliphatic carboxylic acids is 1. The number of carbonyl (C=O) groups is 2. The Labute approximate surface area is 119 Å². The quantitative estimate of drug-likeness (QED) is 0.494. The van der Waals surface area contributed by atoms with Gasteiger partial charge in [0.25, 0.3) is 0 Å². The molecule has 3 atom stereocenters. The first-order valence-electron chi connectivity index (χ1n) is 7.43. The van der Waals surface area contributed by atoms with Crippen LogP contribution in [-0.4, -0.2) is 47.3 Å². The second-order valence-electron chi connectivity index (χ2n) is 5.52. The number of aliphatic hydroxyl groups excluding tert-OH is 1. The molecule has 0 bridgehead atoms. The fourth-order valence-electron chi connectivity index (χ4n) is 2.61. The van der Waals surface area contributed by atoms with Gasteiger partial charge in [0.15, 0.2) is 0 Å². The van der Waals surface area contributed by atoms with E-state index in [0.29, 0.717) is 31.8 Å². The van der Waals surface area contributed by atoms with Crippen LogP contribution in [0.2, 0.25) is 0 Å². The zero-order chi connectivity index (χ0) is 15.0. The third kappa shape index (κ3) is 6.34. The Balaban J connectivity index is 2.21. The zero-order valence-corrected chi connectivity index (χ0v) is 12.1. The second-order valence-corrected chi connectivity index (χ2v) is 5.52. The monoisotopic (exact) mass is 286 g/mol. The van der Waals surface area contributed by atoms with Gasteiger partial charge in [0.1, 0.15) is 0 Å². The van der Waals surface area contributed by atoms with E-state index in [1.54, 1.807) is 0 Å². The van der Waals surface area contributed by atoms with Crippen LogP contribution in [0.15, 0.2) is 0 Å². The number of carboxylic acid groups (broad SMARTS) is 1. The van der Waals surface area contributed by atoms with E-state index < -0.39 is 12.1 Å². The minimum atomic E-state index is -0.765.